The van der Waals surface area contributed by atoms with Crippen molar-refractivity contribution in [3.05, 3.63) is 47.5 Å². The van der Waals surface area contributed by atoms with Gasteiger partial charge in [-0.3, -0.25) is 0 Å². The lowest BCUT2D eigenvalue weighted by atomic mass is 9.91. The van der Waals surface area contributed by atoms with Crippen molar-refractivity contribution < 1.29 is 0 Å². The van der Waals surface area contributed by atoms with E-state index in [0.29, 0.717) is 0 Å². The second kappa shape index (κ2) is 3.21. The van der Waals surface area contributed by atoms with Crippen LogP contribution < -0.4 is 0 Å². The van der Waals surface area contributed by atoms with E-state index in [1.807, 2.05) is 0 Å². The number of benzene rings is 1. The molecule has 13 heavy (non-hydrogen) atoms. The molecule has 1 aromatic rings. The van der Waals surface area contributed by atoms with E-state index in [4.69, 9.17) is 0 Å². The smallest absolute Gasteiger partial charge is 0.0153 e. The van der Waals surface area contributed by atoms with Crippen LogP contribution in [0.4, 0.5) is 0 Å². The fourth-order valence-electron chi connectivity index (χ4n) is 1.84. The van der Waals surface area contributed by atoms with E-state index in [2.05, 4.69) is 43.9 Å². The lowest BCUT2D eigenvalue weighted by Crippen LogP contribution is -1.97. The second-order valence-corrected chi connectivity index (χ2v) is 3.60. The molecule has 0 saturated carbocycles. The van der Waals surface area contributed by atoms with Gasteiger partial charge in [0.2, 0.25) is 0 Å². The summed E-state index contributed by atoms with van der Waals surface area (Å²) in [5.41, 5.74) is 5.29. The maximum atomic E-state index is 4.00. The maximum absolute atomic E-state index is 4.00. The molecule has 0 heterocycles. The SMILES string of the molecule is C=C(C)c1cccc2c1C=CCC2. The molecule has 0 nitrogen and oxygen atoms in total. The predicted molar refractivity (Wildman–Crippen MR) is 58.5 cm³/mol. The Hall–Kier alpha value is -1.30. The fraction of sp³-hybridized carbons (Fsp3) is 0.231. The maximum Gasteiger partial charge on any atom is -0.0153 e. The molecule has 0 atom stereocenters. The van der Waals surface area contributed by atoms with Crippen LogP contribution in [-0.4, -0.2) is 0 Å². The average Bonchev–Trinajstić information content (AvgIpc) is 2.17. The molecule has 0 aliphatic heterocycles. The van der Waals surface area contributed by atoms with E-state index in [9.17, 15) is 0 Å². The molecule has 2 rings (SSSR count). The van der Waals surface area contributed by atoms with Gasteiger partial charge in [-0.25, -0.2) is 0 Å². The Balaban J connectivity index is 2.60. The molecular formula is C13H14. The van der Waals surface area contributed by atoms with Gasteiger partial charge in [-0.2, -0.15) is 0 Å². The van der Waals surface area contributed by atoms with Crippen LogP contribution in [0.1, 0.15) is 30.0 Å². The van der Waals surface area contributed by atoms with Crippen LogP contribution in [0.3, 0.4) is 0 Å². The van der Waals surface area contributed by atoms with Crippen molar-refractivity contribution in [3.63, 3.8) is 0 Å². The van der Waals surface area contributed by atoms with Crippen LogP contribution in [0.2, 0.25) is 0 Å². The summed E-state index contributed by atoms with van der Waals surface area (Å²) in [7, 11) is 0. The van der Waals surface area contributed by atoms with Gasteiger partial charge in [0.25, 0.3) is 0 Å². The number of hydrogen-bond acceptors (Lipinski definition) is 0. The van der Waals surface area contributed by atoms with Crippen LogP contribution in [0.25, 0.3) is 11.6 Å². The average molecular weight is 170 g/mol. The van der Waals surface area contributed by atoms with E-state index in [0.717, 1.165) is 5.57 Å². The highest BCUT2D eigenvalue weighted by molar-refractivity contribution is 5.74. The quantitative estimate of drug-likeness (QED) is 0.603. The van der Waals surface area contributed by atoms with Gasteiger partial charge in [0.15, 0.2) is 0 Å². The first-order chi connectivity index (χ1) is 6.29. The number of rotatable bonds is 1. The van der Waals surface area contributed by atoms with Crippen molar-refractivity contribution in [1.82, 2.24) is 0 Å². The lowest BCUT2D eigenvalue weighted by Gasteiger charge is -2.14. The van der Waals surface area contributed by atoms with Gasteiger partial charge in [-0.1, -0.05) is 42.5 Å². The minimum Gasteiger partial charge on any atom is -0.0955 e. The molecule has 0 aromatic heterocycles. The van der Waals surface area contributed by atoms with Crippen LogP contribution in [0.5, 0.6) is 0 Å². The van der Waals surface area contributed by atoms with Crippen molar-refractivity contribution in [2.24, 2.45) is 0 Å². The molecule has 0 fully saturated rings. The van der Waals surface area contributed by atoms with E-state index in [1.54, 1.807) is 0 Å². The Kier molecular flexibility index (Phi) is 2.05. The zero-order valence-corrected chi connectivity index (χ0v) is 8.01. The van der Waals surface area contributed by atoms with Gasteiger partial charge in [0, 0.05) is 0 Å². The topological polar surface area (TPSA) is 0 Å². The summed E-state index contributed by atoms with van der Waals surface area (Å²) in [4.78, 5) is 0. The zero-order valence-electron chi connectivity index (χ0n) is 8.01. The third-order valence-corrected chi connectivity index (χ3v) is 2.52. The number of fused-ring (bicyclic) bond motifs is 1. The molecule has 66 valence electrons. The van der Waals surface area contributed by atoms with Crippen molar-refractivity contribution in [1.29, 1.82) is 0 Å². The van der Waals surface area contributed by atoms with Crippen LogP contribution >= 0.6 is 0 Å². The minimum absolute atomic E-state index is 1.16. The molecule has 0 unspecified atom stereocenters. The first kappa shape index (κ1) is 8.31. The molecular weight excluding hydrogens is 156 g/mol. The molecule has 0 amide bonds. The van der Waals surface area contributed by atoms with Crippen molar-refractivity contribution in [3.8, 4) is 0 Å². The summed E-state index contributed by atoms with van der Waals surface area (Å²) >= 11 is 0. The Labute approximate surface area is 79.6 Å². The van der Waals surface area contributed by atoms with E-state index >= 15 is 0 Å². The summed E-state index contributed by atoms with van der Waals surface area (Å²) in [6, 6.07) is 6.49. The molecule has 1 aliphatic rings. The largest absolute Gasteiger partial charge is 0.0955 e. The first-order valence-electron chi connectivity index (χ1n) is 4.73. The number of aryl methyl sites for hydroxylation is 1. The third kappa shape index (κ3) is 1.44. The summed E-state index contributed by atoms with van der Waals surface area (Å²) in [6.45, 7) is 6.07. The van der Waals surface area contributed by atoms with Gasteiger partial charge >= 0.3 is 0 Å². The summed E-state index contributed by atoms with van der Waals surface area (Å²) in [5.74, 6) is 0. The predicted octanol–water partition coefficient (Wildman–Crippen LogP) is 3.68. The van der Waals surface area contributed by atoms with E-state index in [-0.39, 0.29) is 0 Å². The molecule has 0 radical (unpaired) electrons. The normalized spacial score (nSPS) is 13.9. The van der Waals surface area contributed by atoms with Gasteiger partial charge in [-0.15, -0.1) is 0 Å². The van der Waals surface area contributed by atoms with Crippen molar-refractivity contribution in [2.45, 2.75) is 19.8 Å². The highest BCUT2D eigenvalue weighted by Gasteiger charge is 2.08. The van der Waals surface area contributed by atoms with Gasteiger partial charge < -0.3 is 0 Å². The van der Waals surface area contributed by atoms with Crippen molar-refractivity contribution >= 4 is 11.6 Å². The fourth-order valence-corrected chi connectivity index (χ4v) is 1.84. The minimum atomic E-state index is 1.16. The van der Waals surface area contributed by atoms with Crippen LogP contribution in [-0.2, 0) is 6.42 Å². The molecule has 0 saturated heterocycles. The third-order valence-electron chi connectivity index (χ3n) is 2.52. The molecule has 1 aromatic carbocycles. The van der Waals surface area contributed by atoms with Crippen LogP contribution in [0, 0.1) is 0 Å². The summed E-state index contributed by atoms with van der Waals surface area (Å²) in [5, 5.41) is 0. The monoisotopic (exact) mass is 170 g/mol. The Morgan fingerprint density at radius 3 is 3.00 bits per heavy atom. The Morgan fingerprint density at radius 2 is 2.23 bits per heavy atom. The highest BCUT2D eigenvalue weighted by Crippen LogP contribution is 2.26. The van der Waals surface area contributed by atoms with E-state index < -0.39 is 0 Å². The molecule has 0 heteroatoms. The standard InChI is InChI=1S/C13H14/c1-10(2)12-9-5-7-11-6-3-4-8-13(11)12/h4-5,7-9H,1,3,6H2,2H3. The Bertz CT molecular complexity index is 370. The second-order valence-electron chi connectivity index (χ2n) is 3.60. The first-order valence-corrected chi connectivity index (χ1v) is 4.73. The summed E-state index contributed by atoms with van der Waals surface area (Å²) in [6.07, 6.45) is 6.82. The molecule has 0 bridgehead atoms. The number of hydrogen-bond donors (Lipinski definition) is 0. The summed E-state index contributed by atoms with van der Waals surface area (Å²) < 4.78 is 0. The van der Waals surface area contributed by atoms with Gasteiger partial charge in [-0.05, 0) is 36.5 Å². The van der Waals surface area contributed by atoms with Crippen LogP contribution in [0.15, 0.2) is 30.9 Å². The molecule has 0 N–H and O–H groups in total. The Morgan fingerprint density at radius 1 is 1.38 bits per heavy atom. The van der Waals surface area contributed by atoms with E-state index in [1.165, 1.54) is 29.5 Å². The lowest BCUT2D eigenvalue weighted by molar-refractivity contribution is 0.984. The van der Waals surface area contributed by atoms with Crippen molar-refractivity contribution in [2.75, 3.05) is 0 Å². The van der Waals surface area contributed by atoms with Gasteiger partial charge in [0.1, 0.15) is 0 Å². The molecule has 0 spiro atoms. The molecule has 1 aliphatic carbocycles. The number of allylic oxidation sites excluding steroid dienone is 2. The highest BCUT2D eigenvalue weighted by atomic mass is 14.1. The van der Waals surface area contributed by atoms with Gasteiger partial charge in [0.05, 0.1) is 0 Å². The zero-order chi connectivity index (χ0) is 9.26.